The third-order valence-corrected chi connectivity index (χ3v) is 2.64. The minimum absolute atomic E-state index is 0.0994. The van der Waals surface area contributed by atoms with Gasteiger partial charge >= 0.3 is 5.97 Å². The normalized spacial score (nSPS) is 10.1. The maximum atomic E-state index is 11.9. The van der Waals surface area contributed by atoms with Crippen molar-refractivity contribution in [1.29, 1.82) is 0 Å². The molecule has 1 aromatic heterocycles. The molecule has 104 valence electrons. The highest BCUT2D eigenvalue weighted by atomic mass is 16.5. The first-order valence-electron chi connectivity index (χ1n) is 5.67. The third-order valence-electron chi connectivity index (χ3n) is 2.64. The van der Waals surface area contributed by atoms with Crippen molar-refractivity contribution in [3.05, 3.63) is 41.3 Å². The molecular formula is C13H12N2O5. The third kappa shape index (κ3) is 2.77. The monoisotopic (exact) mass is 276 g/mol. The van der Waals surface area contributed by atoms with E-state index < -0.39 is 11.9 Å². The Kier molecular flexibility index (Phi) is 3.69. The van der Waals surface area contributed by atoms with Crippen LogP contribution in [-0.2, 0) is 0 Å². The van der Waals surface area contributed by atoms with Gasteiger partial charge in [-0.05, 0) is 30.7 Å². The number of aromatic nitrogens is 1. The van der Waals surface area contributed by atoms with Crippen LogP contribution in [0.15, 0.2) is 28.8 Å². The van der Waals surface area contributed by atoms with Crippen molar-refractivity contribution in [3.8, 4) is 5.75 Å². The van der Waals surface area contributed by atoms with Gasteiger partial charge in [-0.1, -0.05) is 5.16 Å². The number of nitrogens with one attached hydrogen (secondary N) is 1. The lowest BCUT2D eigenvalue weighted by atomic mass is 10.2. The number of hydrogen-bond acceptors (Lipinski definition) is 5. The minimum atomic E-state index is -1.28. The largest absolute Gasteiger partial charge is 0.497 e. The Balaban J connectivity index is 2.16. The summed E-state index contributed by atoms with van der Waals surface area (Å²) in [5, 5.41) is 14.7. The number of benzene rings is 1. The van der Waals surface area contributed by atoms with Gasteiger partial charge in [0, 0.05) is 11.8 Å². The molecule has 0 atom stereocenters. The second kappa shape index (κ2) is 5.43. The predicted molar refractivity (Wildman–Crippen MR) is 69.1 cm³/mol. The number of carbonyl (C=O) groups excluding carboxylic acids is 1. The van der Waals surface area contributed by atoms with Gasteiger partial charge in [0.2, 0.25) is 5.76 Å². The van der Waals surface area contributed by atoms with Crippen LogP contribution in [0.2, 0.25) is 0 Å². The summed E-state index contributed by atoms with van der Waals surface area (Å²) in [5.74, 6) is -1.54. The topological polar surface area (TPSA) is 102 Å². The maximum absolute atomic E-state index is 11.9. The van der Waals surface area contributed by atoms with E-state index in [0.717, 1.165) is 11.6 Å². The van der Waals surface area contributed by atoms with E-state index in [-0.39, 0.29) is 11.5 Å². The Bertz CT molecular complexity index is 663. The zero-order chi connectivity index (χ0) is 14.7. The van der Waals surface area contributed by atoms with Crippen LogP contribution in [0.1, 0.15) is 26.6 Å². The summed E-state index contributed by atoms with van der Waals surface area (Å²) in [7, 11) is 1.55. The van der Waals surface area contributed by atoms with Crippen molar-refractivity contribution in [2.75, 3.05) is 12.4 Å². The summed E-state index contributed by atoms with van der Waals surface area (Å²) in [6.45, 7) is 1.81. The highest BCUT2D eigenvalue weighted by Crippen LogP contribution is 2.21. The van der Waals surface area contributed by atoms with Crippen molar-refractivity contribution in [1.82, 2.24) is 5.16 Å². The second-order valence-electron chi connectivity index (χ2n) is 4.02. The average molecular weight is 276 g/mol. The molecule has 0 aliphatic heterocycles. The molecule has 7 heteroatoms. The Morgan fingerprint density at radius 2 is 2.10 bits per heavy atom. The Morgan fingerprint density at radius 1 is 1.35 bits per heavy atom. The number of carboxylic acids is 1. The number of anilines is 1. The highest BCUT2D eigenvalue weighted by molar-refractivity contribution is 6.04. The van der Waals surface area contributed by atoms with Crippen LogP contribution >= 0.6 is 0 Å². The number of carboxylic acid groups (broad SMARTS) is 1. The maximum Gasteiger partial charge on any atom is 0.374 e. The molecule has 0 aliphatic carbocycles. The SMILES string of the molecule is COc1ccc(NC(=O)c2cc(C(=O)O)on2)c(C)c1. The number of methoxy groups -OCH3 is 1. The zero-order valence-electron chi connectivity index (χ0n) is 10.8. The Hall–Kier alpha value is -2.83. The van der Waals surface area contributed by atoms with Crippen LogP contribution in [0.25, 0.3) is 0 Å². The molecule has 1 amide bonds. The summed E-state index contributed by atoms with van der Waals surface area (Å²) in [6.07, 6.45) is 0. The molecule has 0 unspecified atom stereocenters. The average Bonchev–Trinajstić information content (AvgIpc) is 2.91. The summed E-state index contributed by atoms with van der Waals surface area (Å²) in [4.78, 5) is 22.5. The number of aryl methyl sites for hydroxylation is 1. The number of nitrogens with zero attached hydrogens (tertiary/aromatic N) is 1. The summed E-state index contributed by atoms with van der Waals surface area (Å²) in [5.41, 5.74) is 1.29. The van der Waals surface area contributed by atoms with Crippen LogP contribution in [0.3, 0.4) is 0 Å². The fourth-order valence-electron chi connectivity index (χ4n) is 1.57. The molecule has 0 bridgehead atoms. The summed E-state index contributed by atoms with van der Waals surface area (Å²) in [6, 6.07) is 6.22. The van der Waals surface area contributed by atoms with Gasteiger partial charge in [-0.2, -0.15) is 0 Å². The molecule has 2 aromatic rings. The van der Waals surface area contributed by atoms with Crippen LogP contribution in [0.4, 0.5) is 5.69 Å². The standard InChI is InChI=1S/C13H12N2O5/c1-7-5-8(19-2)3-4-9(7)14-12(16)10-6-11(13(17)18)20-15-10/h3-6H,1-2H3,(H,14,16)(H,17,18). The molecule has 0 fully saturated rings. The lowest BCUT2D eigenvalue weighted by molar-refractivity contribution is 0.0651. The van der Waals surface area contributed by atoms with Crippen molar-refractivity contribution < 1.29 is 24.0 Å². The van der Waals surface area contributed by atoms with E-state index in [1.54, 1.807) is 25.3 Å². The van der Waals surface area contributed by atoms with E-state index in [1.165, 1.54) is 0 Å². The van der Waals surface area contributed by atoms with Gasteiger partial charge in [0.25, 0.3) is 5.91 Å². The number of rotatable bonds is 4. The lowest BCUT2D eigenvalue weighted by Gasteiger charge is -2.08. The fraction of sp³-hybridized carbons (Fsp3) is 0.154. The Morgan fingerprint density at radius 3 is 2.65 bits per heavy atom. The molecule has 1 heterocycles. The Labute approximate surface area is 114 Å². The zero-order valence-corrected chi connectivity index (χ0v) is 10.8. The predicted octanol–water partition coefficient (Wildman–Crippen LogP) is 1.94. The van der Waals surface area contributed by atoms with Crippen LogP contribution in [0, 0.1) is 6.92 Å². The lowest BCUT2D eigenvalue weighted by Crippen LogP contribution is -2.13. The molecule has 2 rings (SSSR count). The number of hydrogen-bond donors (Lipinski definition) is 2. The summed E-state index contributed by atoms with van der Waals surface area (Å²) >= 11 is 0. The van der Waals surface area contributed by atoms with Crippen molar-refractivity contribution in [3.63, 3.8) is 0 Å². The van der Waals surface area contributed by atoms with E-state index >= 15 is 0 Å². The summed E-state index contributed by atoms with van der Waals surface area (Å²) < 4.78 is 9.59. The number of amides is 1. The molecule has 0 radical (unpaired) electrons. The first-order valence-corrected chi connectivity index (χ1v) is 5.67. The van der Waals surface area contributed by atoms with Gasteiger partial charge in [0.05, 0.1) is 7.11 Å². The highest BCUT2D eigenvalue weighted by Gasteiger charge is 2.17. The first-order chi connectivity index (χ1) is 9.51. The van der Waals surface area contributed by atoms with Crippen molar-refractivity contribution in [2.45, 2.75) is 6.92 Å². The molecule has 0 spiro atoms. The molecule has 2 N–H and O–H groups in total. The van der Waals surface area contributed by atoms with Crippen LogP contribution in [-0.4, -0.2) is 29.2 Å². The molecule has 0 saturated carbocycles. The van der Waals surface area contributed by atoms with Gasteiger partial charge in [-0.3, -0.25) is 4.79 Å². The molecule has 20 heavy (non-hydrogen) atoms. The van der Waals surface area contributed by atoms with Gasteiger partial charge < -0.3 is 19.7 Å². The quantitative estimate of drug-likeness (QED) is 0.884. The van der Waals surface area contributed by atoms with Gasteiger partial charge in [-0.25, -0.2) is 4.79 Å². The minimum Gasteiger partial charge on any atom is -0.497 e. The number of ether oxygens (including phenoxy) is 1. The molecule has 1 aromatic carbocycles. The number of carbonyl (C=O) groups is 2. The van der Waals surface area contributed by atoms with Crippen molar-refractivity contribution in [2.24, 2.45) is 0 Å². The van der Waals surface area contributed by atoms with E-state index in [0.29, 0.717) is 11.4 Å². The smallest absolute Gasteiger partial charge is 0.374 e. The molecule has 0 saturated heterocycles. The van der Waals surface area contributed by atoms with E-state index in [2.05, 4.69) is 15.0 Å². The molecule has 7 nitrogen and oxygen atoms in total. The van der Waals surface area contributed by atoms with E-state index in [9.17, 15) is 9.59 Å². The van der Waals surface area contributed by atoms with E-state index in [1.807, 2.05) is 6.92 Å². The van der Waals surface area contributed by atoms with Gasteiger partial charge in [0.1, 0.15) is 5.75 Å². The van der Waals surface area contributed by atoms with Gasteiger partial charge in [-0.15, -0.1) is 0 Å². The van der Waals surface area contributed by atoms with Gasteiger partial charge in [0.15, 0.2) is 5.69 Å². The van der Waals surface area contributed by atoms with Crippen LogP contribution < -0.4 is 10.1 Å². The molecule has 0 aliphatic rings. The second-order valence-corrected chi connectivity index (χ2v) is 4.02. The number of aromatic carboxylic acids is 1. The fourth-order valence-corrected chi connectivity index (χ4v) is 1.57. The first kappa shape index (κ1) is 13.6. The van der Waals surface area contributed by atoms with Crippen LogP contribution in [0.5, 0.6) is 5.75 Å². The van der Waals surface area contributed by atoms with Crippen molar-refractivity contribution >= 4 is 17.6 Å². The van der Waals surface area contributed by atoms with E-state index in [4.69, 9.17) is 9.84 Å². The molecular weight excluding hydrogens is 264 g/mol.